The van der Waals surface area contributed by atoms with Gasteiger partial charge in [0.2, 0.25) is 0 Å². The number of aryl methyl sites for hydroxylation is 2. The van der Waals surface area contributed by atoms with Gasteiger partial charge in [0.05, 0.1) is 5.56 Å². The van der Waals surface area contributed by atoms with Gasteiger partial charge in [-0.05, 0) is 60.9 Å². The van der Waals surface area contributed by atoms with Gasteiger partial charge in [0.15, 0.2) is 5.78 Å². The number of hydrogen-bond donors (Lipinski definition) is 1. The lowest BCUT2D eigenvalue weighted by Gasteiger charge is -2.06. The first-order valence-electron chi connectivity index (χ1n) is 6.88. The number of hydrogen-bond acceptors (Lipinski definition) is 2. The van der Waals surface area contributed by atoms with Crippen LogP contribution in [0.1, 0.15) is 32.6 Å². The highest BCUT2D eigenvalue weighted by atomic mass is 19.4. The molecule has 23 heavy (non-hydrogen) atoms. The first-order chi connectivity index (χ1) is 10.7. The fourth-order valence-corrected chi connectivity index (χ4v) is 2.18. The fraction of sp³-hybridized carbons (Fsp3) is 0.167. The third-order valence-corrected chi connectivity index (χ3v) is 3.44. The van der Waals surface area contributed by atoms with Crippen LogP contribution in [0.15, 0.2) is 42.5 Å². The Morgan fingerprint density at radius 1 is 1.04 bits per heavy atom. The molecule has 0 amide bonds. The molecule has 2 aromatic rings. The molecular formula is C18H15F3O2. The number of carbonyl (C=O) groups excluding carboxylic acids is 1. The van der Waals surface area contributed by atoms with Gasteiger partial charge in [-0.2, -0.15) is 13.2 Å². The van der Waals surface area contributed by atoms with Crippen LogP contribution in [-0.2, 0) is 6.18 Å². The molecule has 0 aromatic heterocycles. The van der Waals surface area contributed by atoms with E-state index in [-0.39, 0.29) is 17.1 Å². The molecule has 0 aliphatic rings. The molecule has 0 radical (unpaired) electrons. The van der Waals surface area contributed by atoms with E-state index < -0.39 is 11.7 Å². The minimum absolute atomic E-state index is 0.182. The minimum Gasteiger partial charge on any atom is -0.507 e. The quantitative estimate of drug-likeness (QED) is 0.643. The van der Waals surface area contributed by atoms with Crippen LogP contribution in [-0.4, -0.2) is 10.9 Å². The molecule has 0 fully saturated rings. The molecule has 0 saturated heterocycles. The third-order valence-electron chi connectivity index (χ3n) is 3.44. The van der Waals surface area contributed by atoms with E-state index in [1.165, 1.54) is 6.08 Å². The molecule has 0 spiro atoms. The molecule has 2 nitrogen and oxygen atoms in total. The summed E-state index contributed by atoms with van der Waals surface area (Å²) >= 11 is 0. The zero-order valence-electron chi connectivity index (χ0n) is 12.6. The molecule has 120 valence electrons. The number of ketones is 1. The molecule has 0 bridgehead atoms. The lowest BCUT2D eigenvalue weighted by molar-refractivity contribution is -0.137. The zero-order valence-corrected chi connectivity index (χ0v) is 12.6. The number of rotatable bonds is 3. The molecule has 0 atom stereocenters. The van der Waals surface area contributed by atoms with Crippen molar-refractivity contribution in [1.29, 1.82) is 0 Å². The van der Waals surface area contributed by atoms with Crippen LogP contribution in [0.5, 0.6) is 5.75 Å². The Morgan fingerprint density at radius 2 is 1.57 bits per heavy atom. The normalized spacial score (nSPS) is 11.9. The second-order valence-corrected chi connectivity index (χ2v) is 5.28. The van der Waals surface area contributed by atoms with E-state index in [4.69, 9.17) is 0 Å². The topological polar surface area (TPSA) is 37.3 Å². The van der Waals surface area contributed by atoms with Gasteiger partial charge in [-0.15, -0.1) is 0 Å². The Morgan fingerprint density at radius 3 is 2.04 bits per heavy atom. The third kappa shape index (κ3) is 4.00. The monoisotopic (exact) mass is 320 g/mol. The number of allylic oxidation sites excluding steroid dienone is 1. The van der Waals surface area contributed by atoms with Gasteiger partial charge < -0.3 is 5.11 Å². The van der Waals surface area contributed by atoms with Crippen molar-refractivity contribution in [3.05, 3.63) is 70.3 Å². The van der Waals surface area contributed by atoms with Gasteiger partial charge >= 0.3 is 6.18 Å². The van der Waals surface area contributed by atoms with E-state index in [0.29, 0.717) is 11.1 Å². The Bertz CT molecular complexity index is 734. The Hall–Kier alpha value is -2.56. The largest absolute Gasteiger partial charge is 0.507 e. The average Bonchev–Trinajstić information content (AvgIpc) is 2.49. The maximum absolute atomic E-state index is 12.5. The molecule has 2 aromatic carbocycles. The van der Waals surface area contributed by atoms with Gasteiger partial charge in [0.1, 0.15) is 5.75 Å². The fourth-order valence-electron chi connectivity index (χ4n) is 2.18. The van der Waals surface area contributed by atoms with E-state index in [9.17, 15) is 23.1 Å². The second-order valence-electron chi connectivity index (χ2n) is 5.28. The number of aromatic hydroxyl groups is 1. The van der Waals surface area contributed by atoms with Gasteiger partial charge in [-0.25, -0.2) is 0 Å². The van der Waals surface area contributed by atoms with Gasteiger partial charge in [-0.1, -0.05) is 18.2 Å². The average molecular weight is 320 g/mol. The highest BCUT2D eigenvalue weighted by Crippen LogP contribution is 2.29. The van der Waals surface area contributed by atoms with E-state index in [2.05, 4.69) is 0 Å². The van der Waals surface area contributed by atoms with Crippen LogP contribution in [0.4, 0.5) is 13.2 Å². The van der Waals surface area contributed by atoms with E-state index >= 15 is 0 Å². The van der Waals surface area contributed by atoms with Crippen molar-refractivity contribution in [3.8, 4) is 5.75 Å². The molecule has 2 rings (SSSR count). The number of alkyl halides is 3. The van der Waals surface area contributed by atoms with E-state index in [1.54, 1.807) is 32.1 Å². The maximum Gasteiger partial charge on any atom is 0.416 e. The number of carbonyl (C=O) groups is 1. The summed E-state index contributed by atoms with van der Waals surface area (Å²) in [7, 11) is 0. The summed E-state index contributed by atoms with van der Waals surface area (Å²) in [5.41, 5.74) is 1.50. The first kappa shape index (κ1) is 16.8. The standard InChI is InChI=1S/C18H15F3O2/c1-11-9-13(10-12(2)17(11)23)3-8-16(22)14-4-6-15(7-5-14)18(19,20)21/h3-10,23H,1-2H3/b8-3+. The molecule has 0 aliphatic heterocycles. The van der Waals surface area contributed by atoms with Crippen molar-refractivity contribution < 1.29 is 23.1 Å². The molecule has 5 heteroatoms. The van der Waals surface area contributed by atoms with Gasteiger partial charge in [-0.3, -0.25) is 4.79 Å². The lowest BCUT2D eigenvalue weighted by Crippen LogP contribution is -2.05. The Labute approximate surface area is 131 Å². The predicted octanol–water partition coefficient (Wildman–Crippen LogP) is 4.92. The van der Waals surface area contributed by atoms with Crippen LogP contribution in [0, 0.1) is 13.8 Å². The molecule has 0 unspecified atom stereocenters. The van der Waals surface area contributed by atoms with Crippen LogP contribution < -0.4 is 0 Å². The van der Waals surface area contributed by atoms with E-state index in [1.807, 2.05) is 0 Å². The van der Waals surface area contributed by atoms with Crippen molar-refractivity contribution in [2.45, 2.75) is 20.0 Å². The second kappa shape index (κ2) is 6.28. The summed E-state index contributed by atoms with van der Waals surface area (Å²) in [5.74, 6) is -0.182. The Balaban J connectivity index is 2.19. The molecule has 0 aliphatic carbocycles. The van der Waals surface area contributed by atoms with Crippen LogP contribution in [0.3, 0.4) is 0 Å². The van der Waals surface area contributed by atoms with Crippen LogP contribution in [0.2, 0.25) is 0 Å². The zero-order chi connectivity index (χ0) is 17.2. The summed E-state index contributed by atoms with van der Waals surface area (Å²) < 4.78 is 37.4. The van der Waals surface area contributed by atoms with Crippen molar-refractivity contribution in [3.63, 3.8) is 0 Å². The summed E-state index contributed by atoms with van der Waals surface area (Å²) in [6.45, 7) is 3.49. The first-order valence-corrected chi connectivity index (χ1v) is 6.88. The van der Waals surface area contributed by atoms with Crippen molar-refractivity contribution in [2.75, 3.05) is 0 Å². The number of phenols is 1. The highest BCUT2D eigenvalue weighted by molar-refractivity contribution is 6.06. The van der Waals surface area contributed by atoms with Crippen molar-refractivity contribution in [2.24, 2.45) is 0 Å². The Kier molecular flexibility index (Phi) is 4.59. The van der Waals surface area contributed by atoms with Gasteiger partial charge in [0, 0.05) is 5.56 Å². The minimum atomic E-state index is -4.42. The van der Waals surface area contributed by atoms with Crippen molar-refractivity contribution >= 4 is 11.9 Å². The van der Waals surface area contributed by atoms with E-state index in [0.717, 1.165) is 29.8 Å². The van der Waals surface area contributed by atoms with Crippen LogP contribution in [0.25, 0.3) is 6.08 Å². The molecule has 1 N–H and O–H groups in total. The number of benzene rings is 2. The van der Waals surface area contributed by atoms with Crippen LogP contribution >= 0.6 is 0 Å². The summed E-state index contributed by atoms with van der Waals surface area (Å²) in [6.07, 6.45) is -1.55. The summed E-state index contributed by atoms with van der Waals surface area (Å²) in [6, 6.07) is 7.52. The smallest absolute Gasteiger partial charge is 0.416 e. The maximum atomic E-state index is 12.5. The predicted molar refractivity (Wildman–Crippen MR) is 82.4 cm³/mol. The van der Waals surface area contributed by atoms with Crippen molar-refractivity contribution in [1.82, 2.24) is 0 Å². The summed E-state index contributed by atoms with van der Waals surface area (Å²) in [4.78, 5) is 12.0. The lowest BCUT2D eigenvalue weighted by atomic mass is 10.0. The number of halogens is 3. The SMILES string of the molecule is Cc1cc(/C=C/C(=O)c2ccc(C(F)(F)F)cc2)cc(C)c1O. The molecule has 0 saturated carbocycles. The van der Waals surface area contributed by atoms with Gasteiger partial charge in [0.25, 0.3) is 0 Å². The molecule has 0 heterocycles. The highest BCUT2D eigenvalue weighted by Gasteiger charge is 2.30. The molecular weight excluding hydrogens is 305 g/mol. The summed E-state index contributed by atoms with van der Waals surface area (Å²) in [5, 5.41) is 9.69. The number of phenolic OH excluding ortho intramolecular Hbond substituents is 1.